The summed E-state index contributed by atoms with van der Waals surface area (Å²) in [6.45, 7) is 1.80. The third-order valence-corrected chi connectivity index (χ3v) is 5.43. The SMILES string of the molecule is O=S(=O)(CC1CCCCC1)N[C@H]1CCCNC1. The van der Waals surface area contributed by atoms with E-state index in [1.807, 2.05) is 0 Å². The minimum absolute atomic E-state index is 0.109. The summed E-state index contributed by atoms with van der Waals surface area (Å²) < 4.78 is 26.9. The van der Waals surface area contributed by atoms with E-state index < -0.39 is 10.0 Å². The molecule has 0 amide bonds. The Hall–Kier alpha value is -0.130. The molecule has 2 fully saturated rings. The van der Waals surface area contributed by atoms with Crippen molar-refractivity contribution < 1.29 is 8.42 Å². The van der Waals surface area contributed by atoms with Crippen molar-refractivity contribution in [3.05, 3.63) is 0 Å². The van der Waals surface area contributed by atoms with Crippen LogP contribution in [0.4, 0.5) is 0 Å². The van der Waals surface area contributed by atoms with E-state index in [0.29, 0.717) is 11.7 Å². The van der Waals surface area contributed by atoms with Crippen LogP contribution >= 0.6 is 0 Å². The van der Waals surface area contributed by atoms with Crippen LogP contribution in [0.15, 0.2) is 0 Å². The Morgan fingerprint density at radius 2 is 1.82 bits per heavy atom. The van der Waals surface area contributed by atoms with Crippen LogP contribution in [0, 0.1) is 5.92 Å². The fraction of sp³-hybridized carbons (Fsp3) is 1.00. The first kappa shape index (κ1) is 13.3. The first-order valence-electron chi connectivity index (χ1n) is 6.86. The second-order valence-electron chi connectivity index (χ2n) is 5.45. The Kier molecular flexibility index (Phi) is 4.82. The number of sulfonamides is 1. The maximum Gasteiger partial charge on any atom is 0.212 e. The highest BCUT2D eigenvalue weighted by Crippen LogP contribution is 2.24. The molecular formula is C12H24N2O2S. The number of hydrogen-bond donors (Lipinski definition) is 2. The summed E-state index contributed by atoms with van der Waals surface area (Å²) in [5.74, 6) is 0.724. The fourth-order valence-electron chi connectivity index (χ4n) is 2.92. The molecule has 1 saturated heterocycles. The Morgan fingerprint density at radius 3 is 2.47 bits per heavy atom. The molecule has 0 radical (unpaired) electrons. The molecule has 4 nitrogen and oxygen atoms in total. The topological polar surface area (TPSA) is 58.2 Å². The van der Waals surface area contributed by atoms with Crippen molar-refractivity contribution in [1.29, 1.82) is 0 Å². The number of hydrogen-bond acceptors (Lipinski definition) is 3. The third kappa shape index (κ3) is 4.56. The molecule has 1 saturated carbocycles. The fourth-order valence-corrected chi connectivity index (χ4v) is 4.68. The van der Waals surface area contributed by atoms with Crippen LogP contribution in [-0.2, 0) is 10.0 Å². The molecule has 17 heavy (non-hydrogen) atoms. The molecule has 1 heterocycles. The molecule has 0 spiro atoms. The van der Waals surface area contributed by atoms with E-state index in [1.54, 1.807) is 0 Å². The minimum Gasteiger partial charge on any atom is -0.315 e. The highest BCUT2D eigenvalue weighted by atomic mass is 32.2. The summed E-state index contributed by atoms with van der Waals surface area (Å²) in [4.78, 5) is 0. The van der Waals surface area contributed by atoms with Gasteiger partial charge in [-0.3, -0.25) is 0 Å². The van der Waals surface area contributed by atoms with Gasteiger partial charge in [0.05, 0.1) is 5.75 Å². The second kappa shape index (κ2) is 6.16. The molecule has 0 aromatic carbocycles. The lowest BCUT2D eigenvalue weighted by molar-refractivity contribution is 0.379. The van der Waals surface area contributed by atoms with Gasteiger partial charge in [0.2, 0.25) is 10.0 Å². The Bertz CT molecular complexity index is 291. The second-order valence-corrected chi connectivity index (χ2v) is 7.25. The Balaban J connectivity index is 1.80. The van der Waals surface area contributed by atoms with Crippen LogP contribution in [0.25, 0.3) is 0 Å². The van der Waals surface area contributed by atoms with Gasteiger partial charge in [-0.25, -0.2) is 13.1 Å². The zero-order valence-corrected chi connectivity index (χ0v) is 11.3. The molecule has 100 valence electrons. The molecule has 0 bridgehead atoms. The third-order valence-electron chi connectivity index (χ3n) is 3.82. The quantitative estimate of drug-likeness (QED) is 0.799. The molecule has 5 heteroatoms. The predicted octanol–water partition coefficient (Wildman–Crippen LogP) is 1.24. The average Bonchev–Trinajstić information content (AvgIpc) is 2.30. The van der Waals surface area contributed by atoms with Crippen LogP contribution in [0.1, 0.15) is 44.9 Å². The number of piperidine rings is 1. The van der Waals surface area contributed by atoms with Gasteiger partial charge in [0.1, 0.15) is 0 Å². The van der Waals surface area contributed by atoms with Gasteiger partial charge in [0.25, 0.3) is 0 Å². The first-order valence-corrected chi connectivity index (χ1v) is 8.52. The van der Waals surface area contributed by atoms with E-state index >= 15 is 0 Å². The maximum atomic E-state index is 12.0. The van der Waals surface area contributed by atoms with Crippen LogP contribution in [0.3, 0.4) is 0 Å². The summed E-state index contributed by atoms with van der Waals surface area (Å²) in [6, 6.07) is 0.109. The van der Waals surface area contributed by atoms with Gasteiger partial charge in [-0.1, -0.05) is 19.3 Å². The van der Waals surface area contributed by atoms with Crippen molar-refractivity contribution >= 4 is 10.0 Å². The zero-order valence-electron chi connectivity index (χ0n) is 10.5. The van der Waals surface area contributed by atoms with E-state index in [9.17, 15) is 8.42 Å². The van der Waals surface area contributed by atoms with Crippen LogP contribution < -0.4 is 10.0 Å². The van der Waals surface area contributed by atoms with Gasteiger partial charge < -0.3 is 5.32 Å². The lowest BCUT2D eigenvalue weighted by Crippen LogP contribution is -2.46. The van der Waals surface area contributed by atoms with Crippen molar-refractivity contribution in [2.75, 3.05) is 18.8 Å². The maximum absolute atomic E-state index is 12.0. The van der Waals surface area contributed by atoms with Crippen molar-refractivity contribution in [2.45, 2.75) is 51.0 Å². The molecule has 2 N–H and O–H groups in total. The largest absolute Gasteiger partial charge is 0.315 e. The van der Waals surface area contributed by atoms with Gasteiger partial charge in [-0.2, -0.15) is 0 Å². The Labute approximate surface area is 105 Å². The van der Waals surface area contributed by atoms with E-state index in [-0.39, 0.29) is 6.04 Å². The van der Waals surface area contributed by atoms with Crippen molar-refractivity contribution in [3.63, 3.8) is 0 Å². The first-order chi connectivity index (χ1) is 8.16. The normalized spacial score (nSPS) is 28.1. The van der Waals surface area contributed by atoms with Crippen molar-refractivity contribution in [1.82, 2.24) is 10.0 Å². The highest BCUT2D eigenvalue weighted by Gasteiger charge is 2.24. The smallest absolute Gasteiger partial charge is 0.212 e. The van der Waals surface area contributed by atoms with E-state index in [4.69, 9.17) is 0 Å². The predicted molar refractivity (Wildman–Crippen MR) is 69.4 cm³/mol. The molecule has 1 atom stereocenters. The van der Waals surface area contributed by atoms with E-state index in [1.165, 1.54) is 19.3 Å². The zero-order chi connectivity index (χ0) is 12.1. The van der Waals surface area contributed by atoms with Crippen molar-refractivity contribution in [2.24, 2.45) is 5.92 Å². The summed E-state index contributed by atoms with van der Waals surface area (Å²) in [6.07, 6.45) is 7.88. The van der Waals surface area contributed by atoms with Crippen LogP contribution in [-0.4, -0.2) is 33.3 Å². The van der Waals surface area contributed by atoms with E-state index in [2.05, 4.69) is 10.0 Å². The lowest BCUT2D eigenvalue weighted by Gasteiger charge is -2.26. The van der Waals surface area contributed by atoms with Gasteiger partial charge in [-0.15, -0.1) is 0 Å². The summed E-state index contributed by atoms with van der Waals surface area (Å²) in [5, 5.41) is 3.23. The highest BCUT2D eigenvalue weighted by molar-refractivity contribution is 7.89. The molecule has 1 aliphatic heterocycles. The standard InChI is InChI=1S/C12H24N2O2S/c15-17(16,10-11-5-2-1-3-6-11)14-12-7-4-8-13-9-12/h11-14H,1-10H2/t12-/m0/s1. The molecule has 0 unspecified atom stereocenters. The summed E-state index contributed by atoms with van der Waals surface area (Å²) >= 11 is 0. The minimum atomic E-state index is -3.07. The lowest BCUT2D eigenvalue weighted by atomic mass is 9.91. The molecular weight excluding hydrogens is 236 g/mol. The van der Waals surface area contributed by atoms with Gasteiger partial charge >= 0.3 is 0 Å². The molecule has 0 aromatic heterocycles. The Morgan fingerprint density at radius 1 is 1.06 bits per heavy atom. The van der Waals surface area contributed by atoms with Crippen LogP contribution in [0.5, 0.6) is 0 Å². The van der Waals surface area contributed by atoms with Crippen molar-refractivity contribution in [3.8, 4) is 0 Å². The summed E-state index contributed by atoms with van der Waals surface area (Å²) in [5.41, 5.74) is 0. The number of rotatable bonds is 4. The van der Waals surface area contributed by atoms with Crippen LogP contribution in [0.2, 0.25) is 0 Å². The molecule has 2 rings (SSSR count). The average molecular weight is 260 g/mol. The molecule has 1 aliphatic carbocycles. The van der Waals surface area contributed by atoms with Gasteiger partial charge in [0, 0.05) is 12.6 Å². The van der Waals surface area contributed by atoms with Gasteiger partial charge in [-0.05, 0) is 38.1 Å². The number of nitrogens with one attached hydrogen (secondary N) is 2. The monoisotopic (exact) mass is 260 g/mol. The molecule has 2 aliphatic rings. The summed E-state index contributed by atoms with van der Waals surface area (Å²) in [7, 11) is -3.07. The van der Waals surface area contributed by atoms with Gasteiger partial charge in [0.15, 0.2) is 0 Å². The van der Waals surface area contributed by atoms with E-state index in [0.717, 1.165) is 38.8 Å². The molecule has 0 aromatic rings.